The Morgan fingerprint density at radius 3 is 2.59 bits per heavy atom. The van der Waals surface area contributed by atoms with E-state index in [1.54, 1.807) is 0 Å². The third-order valence-electron chi connectivity index (χ3n) is 2.76. The molecule has 0 unspecified atom stereocenters. The van der Waals surface area contributed by atoms with Crippen LogP contribution in [0.15, 0.2) is 11.0 Å². The highest BCUT2D eigenvalue weighted by Gasteiger charge is 2.23. The Kier molecular flexibility index (Phi) is 6.83. The summed E-state index contributed by atoms with van der Waals surface area (Å²) in [7, 11) is 1.24. The van der Waals surface area contributed by atoms with Crippen LogP contribution in [-0.2, 0) is 20.9 Å². The van der Waals surface area contributed by atoms with Gasteiger partial charge < -0.3 is 10.1 Å². The molecule has 1 heterocycles. The van der Waals surface area contributed by atoms with Crippen LogP contribution >= 0.6 is 23.2 Å². The fourth-order valence-electron chi connectivity index (χ4n) is 1.76. The van der Waals surface area contributed by atoms with Crippen LogP contribution in [0.4, 0.5) is 0 Å². The Balaban J connectivity index is 2.82. The summed E-state index contributed by atoms with van der Waals surface area (Å²) in [6.07, 6.45) is 1.59. The summed E-state index contributed by atoms with van der Waals surface area (Å²) in [6.45, 7) is 3.45. The van der Waals surface area contributed by atoms with Crippen molar-refractivity contribution in [2.75, 3.05) is 7.11 Å². The minimum Gasteiger partial charge on any atom is -0.467 e. The largest absolute Gasteiger partial charge is 0.467 e. The Bertz CT molecular complexity index is 616. The van der Waals surface area contributed by atoms with Gasteiger partial charge in [-0.3, -0.25) is 9.59 Å². The number of ether oxygens (including phenoxy) is 1. The van der Waals surface area contributed by atoms with Crippen LogP contribution in [0.1, 0.15) is 20.3 Å². The number of nitrogens with zero attached hydrogens (tertiary/aromatic N) is 2. The molecule has 0 aromatic carbocycles. The van der Waals surface area contributed by atoms with E-state index in [2.05, 4.69) is 15.2 Å². The highest BCUT2D eigenvalue weighted by atomic mass is 35.5. The zero-order valence-corrected chi connectivity index (χ0v) is 13.9. The standard InChI is InChI=1S/C13H17Cl2N3O4/c1-7(2)4-9(13(21)22-3)17-10(19)6-18-12(20)11(15)8(14)5-16-18/h5,7,9H,4,6H2,1-3H3,(H,17,19)/t9-/m1/s1. The van der Waals surface area contributed by atoms with Gasteiger partial charge in [0.2, 0.25) is 5.91 Å². The maximum atomic E-state index is 12.0. The number of esters is 1. The Labute approximate surface area is 137 Å². The number of hydrogen-bond donors (Lipinski definition) is 1. The zero-order chi connectivity index (χ0) is 16.9. The van der Waals surface area contributed by atoms with Crippen LogP contribution in [0.25, 0.3) is 0 Å². The van der Waals surface area contributed by atoms with E-state index in [-0.39, 0.29) is 22.5 Å². The number of nitrogens with one attached hydrogen (secondary N) is 1. The van der Waals surface area contributed by atoms with Gasteiger partial charge >= 0.3 is 5.97 Å². The molecule has 0 aliphatic carbocycles. The second kappa shape index (κ2) is 8.14. The molecule has 9 heteroatoms. The monoisotopic (exact) mass is 349 g/mol. The average molecular weight is 350 g/mol. The molecular weight excluding hydrogens is 333 g/mol. The van der Waals surface area contributed by atoms with Crippen molar-refractivity contribution >= 4 is 35.1 Å². The molecule has 1 amide bonds. The topological polar surface area (TPSA) is 90.3 Å². The summed E-state index contributed by atoms with van der Waals surface area (Å²) in [5, 5.41) is 6.04. The highest BCUT2D eigenvalue weighted by Crippen LogP contribution is 2.14. The molecule has 0 bridgehead atoms. The average Bonchev–Trinajstić information content (AvgIpc) is 2.46. The van der Waals surface area contributed by atoms with Crippen LogP contribution in [0, 0.1) is 5.92 Å². The van der Waals surface area contributed by atoms with Crippen molar-refractivity contribution in [3.05, 3.63) is 26.6 Å². The zero-order valence-electron chi connectivity index (χ0n) is 12.4. The Hall–Kier alpha value is -1.60. The van der Waals surface area contributed by atoms with E-state index < -0.39 is 23.5 Å². The lowest BCUT2D eigenvalue weighted by Crippen LogP contribution is -2.44. The first-order valence-electron chi connectivity index (χ1n) is 6.54. The number of carbonyl (C=O) groups is 2. The molecule has 0 radical (unpaired) electrons. The molecule has 1 atom stereocenters. The summed E-state index contributed by atoms with van der Waals surface area (Å²) >= 11 is 11.4. The maximum absolute atomic E-state index is 12.0. The van der Waals surface area contributed by atoms with Crippen molar-refractivity contribution in [1.29, 1.82) is 0 Å². The quantitative estimate of drug-likeness (QED) is 0.780. The SMILES string of the molecule is COC(=O)[C@@H](CC(C)C)NC(=O)Cn1ncc(Cl)c(Cl)c1=O. The second-order valence-electron chi connectivity index (χ2n) is 5.04. The molecule has 122 valence electrons. The molecule has 0 saturated carbocycles. The third-order valence-corrected chi connectivity index (χ3v) is 3.51. The van der Waals surface area contributed by atoms with Gasteiger partial charge in [0.25, 0.3) is 5.56 Å². The fraction of sp³-hybridized carbons (Fsp3) is 0.538. The van der Waals surface area contributed by atoms with Gasteiger partial charge in [-0.1, -0.05) is 37.0 Å². The maximum Gasteiger partial charge on any atom is 0.328 e. The summed E-state index contributed by atoms with van der Waals surface area (Å²) < 4.78 is 5.51. The van der Waals surface area contributed by atoms with E-state index in [0.717, 1.165) is 4.68 Å². The van der Waals surface area contributed by atoms with Crippen molar-refractivity contribution in [3.8, 4) is 0 Å². The predicted molar refractivity (Wildman–Crippen MR) is 81.9 cm³/mol. The molecule has 0 aliphatic rings. The molecule has 1 N–H and O–H groups in total. The van der Waals surface area contributed by atoms with Crippen LogP contribution in [0.2, 0.25) is 10.0 Å². The summed E-state index contributed by atoms with van der Waals surface area (Å²) in [5.74, 6) is -0.921. The Morgan fingerprint density at radius 2 is 2.05 bits per heavy atom. The number of methoxy groups -OCH3 is 1. The molecule has 0 spiro atoms. The summed E-state index contributed by atoms with van der Waals surface area (Å²) in [6, 6.07) is -0.782. The van der Waals surface area contributed by atoms with E-state index in [9.17, 15) is 14.4 Å². The molecule has 1 aromatic rings. The fourth-order valence-corrected chi connectivity index (χ4v) is 2.03. The first-order valence-corrected chi connectivity index (χ1v) is 7.30. The van der Waals surface area contributed by atoms with Crippen molar-refractivity contribution in [2.45, 2.75) is 32.9 Å². The Morgan fingerprint density at radius 1 is 1.41 bits per heavy atom. The predicted octanol–water partition coefficient (Wildman–Crippen LogP) is 1.25. The normalized spacial score (nSPS) is 12.1. The first kappa shape index (κ1) is 18.4. The number of amides is 1. The molecule has 0 saturated heterocycles. The number of carbonyl (C=O) groups excluding carboxylic acids is 2. The first-order chi connectivity index (χ1) is 10.3. The smallest absolute Gasteiger partial charge is 0.328 e. The van der Waals surface area contributed by atoms with Gasteiger partial charge in [-0.25, -0.2) is 9.48 Å². The van der Waals surface area contributed by atoms with Gasteiger partial charge in [0.05, 0.1) is 18.3 Å². The van der Waals surface area contributed by atoms with Crippen molar-refractivity contribution in [1.82, 2.24) is 15.1 Å². The van der Waals surface area contributed by atoms with Crippen molar-refractivity contribution < 1.29 is 14.3 Å². The van der Waals surface area contributed by atoms with Gasteiger partial charge in [-0.05, 0) is 12.3 Å². The molecule has 22 heavy (non-hydrogen) atoms. The molecule has 7 nitrogen and oxygen atoms in total. The lowest BCUT2D eigenvalue weighted by Gasteiger charge is -2.18. The summed E-state index contributed by atoms with van der Waals surface area (Å²) in [4.78, 5) is 35.4. The van der Waals surface area contributed by atoms with Crippen molar-refractivity contribution in [3.63, 3.8) is 0 Å². The molecular formula is C13H17Cl2N3O4. The number of rotatable bonds is 6. The second-order valence-corrected chi connectivity index (χ2v) is 5.83. The van der Waals surface area contributed by atoms with Gasteiger partial charge in [-0.15, -0.1) is 0 Å². The van der Waals surface area contributed by atoms with Crippen LogP contribution in [0.5, 0.6) is 0 Å². The van der Waals surface area contributed by atoms with E-state index >= 15 is 0 Å². The van der Waals surface area contributed by atoms with Gasteiger partial charge in [-0.2, -0.15) is 5.10 Å². The van der Waals surface area contributed by atoms with Gasteiger partial charge in [0, 0.05) is 0 Å². The van der Waals surface area contributed by atoms with Gasteiger partial charge in [0.15, 0.2) is 0 Å². The minimum atomic E-state index is -0.782. The van der Waals surface area contributed by atoms with Crippen molar-refractivity contribution in [2.24, 2.45) is 5.92 Å². The summed E-state index contributed by atoms with van der Waals surface area (Å²) in [5.41, 5.74) is -0.678. The van der Waals surface area contributed by atoms with E-state index in [1.807, 2.05) is 13.8 Å². The van der Waals surface area contributed by atoms with E-state index in [4.69, 9.17) is 23.2 Å². The molecule has 1 rings (SSSR count). The number of aromatic nitrogens is 2. The molecule has 0 aliphatic heterocycles. The van der Waals surface area contributed by atoms with Gasteiger partial charge in [0.1, 0.15) is 17.6 Å². The van der Waals surface area contributed by atoms with E-state index in [0.29, 0.717) is 6.42 Å². The minimum absolute atomic E-state index is 0.00979. The van der Waals surface area contributed by atoms with Crippen LogP contribution in [0.3, 0.4) is 0 Å². The number of hydrogen-bond acceptors (Lipinski definition) is 5. The van der Waals surface area contributed by atoms with Crippen LogP contribution in [-0.4, -0.2) is 34.8 Å². The van der Waals surface area contributed by atoms with E-state index in [1.165, 1.54) is 13.3 Å². The molecule has 1 aromatic heterocycles. The number of halogens is 2. The lowest BCUT2D eigenvalue weighted by molar-refractivity contribution is -0.145. The van der Waals surface area contributed by atoms with Crippen LogP contribution < -0.4 is 10.9 Å². The highest BCUT2D eigenvalue weighted by molar-refractivity contribution is 6.41. The third kappa shape index (κ3) is 4.99. The lowest BCUT2D eigenvalue weighted by atomic mass is 10.0. The molecule has 0 fully saturated rings.